The summed E-state index contributed by atoms with van der Waals surface area (Å²) in [5, 5.41) is 10.1. The highest BCUT2D eigenvalue weighted by atomic mass is 16.5. The molecule has 0 bridgehead atoms. The van der Waals surface area contributed by atoms with E-state index in [2.05, 4.69) is 228 Å². The molecule has 2 aliphatic rings. The Morgan fingerprint density at radius 3 is 0.894 bits per heavy atom. The first-order valence-corrected chi connectivity index (χ1v) is 23.3. The van der Waals surface area contributed by atoms with Crippen molar-refractivity contribution in [2.45, 2.75) is 38.5 Å². The van der Waals surface area contributed by atoms with E-state index in [1.807, 2.05) is 0 Å². The number of benzene rings is 11. The second-order valence-electron chi connectivity index (χ2n) is 19.5. The topological polar surface area (TPSA) is 9.23 Å². The fourth-order valence-electron chi connectivity index (χ4n) is 12.2. The Morgan fingerprint density at radius 2 is 0.545 bits per heavy atom. The number of fused-ring (bicyclic) bond motifs is 10. The third-order valence-corrected chi connectivity index (χ3v) is 15.4. The Morgan fingerprint density at radius 1 is 0.273 bits per heavy atom. The summed E-state index contributed by atoms with van der Waals surface area (Å²) in [4.78, 5) is 0. The van der Waals surface area contributed by atoms with Crippen LogP contribution in [0.2, 0.25) is 0 Å². The molecule has 0 N–H and O–H groups in total. The van der Waals surface area contributed by atoms with Gasteiger partial charge in [0.1, 0.15) is 5.75 Å². The van der Waals surface area contributed by atoms with E-state index in [4.69, 9.17) is 4.74 Å². The fraction of sp³-hybridized carbons (Fsp3) is 0.108. The fourth-order valence-corrected chi connectivity index (χ4v) is 12.2. The van der Waals surface area contributed by atoms with Gasteiger partial charge < -0.3 is 4.74 Å². The van der Waals surface area contributed by atoms with Crippen molar-refractivity contribution in [2.75, 3.05) is 7.11 Å². The molecule has 0 spiro atoms. The zero-order valence-electron chi connectivity index (χ0n) is 38.0. The monoisotopic (exact) mass is 844 g/mol. The van der Waals surface area contributed by atoms with Crippen molar-refractivity contribution >= 4 is 43.1 Å². The molecule has 11 aromatic rings. The molecule has 0 saturated heterocycles. The van der Waals surface area contributed by atoms with Crippen molar-refractivity contribution in [3.8, 4) is 72.5 Å². The molecule has 1 nitrogen and oxygen atoms in total. The molecule has 0 unspecified atom stereocenters. The Balaban J connectivity index is 0.957. The lowest BCUT2D eigenvalue weighted by atomic mass is 9.79. The lowest BCUT2D eigenvalue weighted by Crippen LogP contribution is -2.15. The Hall–Kier alpha value is -7.74. The van der Waals surface area contributed by atoms with E-state index in [1.54, 1.807) is 7.11 Å². The van der Waals surface area contributed by atoms with Crippen molar-refractivity contribution in [1.82, 2.24) is 0 Å². The molecule has 0 heterocycles. The summed E-state index contributed by atoms with van der Waals surface area (Å²) in [6.45, 7) is 9.59. The normalized spacial score (nSPS) is 14.1. The van der Waals surface area contributed by atoms with Gasteiger partial charge in [0, 0.05) is 10.8 Å². The average Bonchev–Trinajstić information content (AvgIpc) is 3.73. The van der Waals surface area contributed by atoms with Crippen LogP contribution < -0.4 is 4.74 Å². The van der Waals surface area contributed by atoms with Crippen LogP contribution in [0.15, 0.2) is 200 Å². The van der Waals surface area contributed by atoms with Gasteiger partial charge in [-0.1, -0.05) is 198 Å². The smallest absolute Gasteiger partial charge is 0.118 e. The molecule has 0 aliphatic heterocycles. The van der Waals surface area contributed by atoms with Crippen LogP contribution in [0.25, 0.3) is 110 Å². The van der Waals surface area contributed by atoms with Gasteiger partial charge in [0.2, 0.25) is 0 Å². The van der Waals surface area contributed by atoms with E-state index in [0.717, 1.165) is 5.75 Å². The van der Waals surface area contributed by atoms with Crippen LogP contribution in [-0.4, -0.2) is 7.11 Å². The van der Waals surface area contributed by atoms with Gasteiger partial charge in [-0.2, -0.15) is 0 Å². The molecule has 0 radical (unpaired) electrons. The number of ether oxygens (including phenoxy) is 1. The minimum absolute atomic E-state index is 0.0763. The van der Waals surface area contributed by atoms with Crippen LogP contribution >= 0.6 is 0 Å². The highest BCUT2D eigenvalue weighted by molar-refractivity contribution is 6.23. The summed E-state index contributed by atoms with van der Waals surface area (Å²) in [5.74, 6) is 0.860. The molecule has 11 aromatic carbocycles. The zero-order valence-corrected chi connectivity index (χ0v) is 38.0. The number of methoxy groups -OCH3 is 1. The van der Waals surface area contributed by atoms with Crippen molar-refractivity contribution in [3.05, 3.63) is 222 Å². The van der Waals surface area contributed by atoms with Gasteiger partial charge in [-0.05, 0) is 162 Å². The molecule has 0 fully saturated rings. The maximum atomic E-state index is 5.54. The van der Waals surface area contributed by atoms with Crippen LogP contribution in [0.5, 0.6) is 5.75 Å². The number of hydrogen-bond donors (Lipinski definition) is 0. The van der Waals surface area contributed by atoms with Gasteiger partial charge in [-0.3, -0.25) is 0 Å². The number of rotatable bonds is 5. The molecule has 1 heteroatoms. The van der Waals surface area contributed by atoms with Gasteiger partial charge in [-0.15, -0.1) is 0 Å². The average molecular weight is 845 g/mol. The molecule has 66 heavy (non-hydrogen) atoms. The summed E-state index contributed by atoms with van der Waals surface area (Å²) in [6.07, 6.45) is 0. The van der Waals surface area contributed by atoms with Crippen molar-refractivity contribution in [3.63, 3.8) is 0 Å². The predicted octanol–water partition coefficient (Wildman–Crippen LogP) is 17.6. The maximum Gasteiger partial charge on any atom is 0.118 e. The largest absolute Gasteiger partial charge is 0.497 e. The van der Waals surface area contributed by atoms with E-state index in [-0.39, 0.29) is 10.8 Å². The SMILES string of the molecule is COc1ccc(-c2c3ccccc3c(-c3ccc4c(c3)C(C)(C)c3cc(-c5c6ccccc6c(-c6ccc7c(c6)C(C)(C)c6ccccc6-7)c6ccccc56)ccc3-4)c3ccccc23)cc1. The standard InChI is InChI=1S/C65H48O/c1-64(2)56-25-15-14-16-44(56)45-33-28-40(36-57(45)64)62-52-21-10-12-23-54(52)63(55-24-13-11-22-53(55)62)42-30-35-47-46-34-29-41(37-58(46)65(3,4)59(47)38-42)61-50-19-8-6-17-48(50)60(49-18-7-9-20-51(49)61)39-26-31-43(66-5)32-27-39/h6-38H,1-5H3. The van der Waals surface area contributed by atoms with Gasteiger partial charge >= 0.3 is 0 Å². The Labute approximate surface area is 386 Å². The Bertz CT molecular complexity index is 3730. The first-order chi connectivity index (χ1) is 32.2. The Kier molecular flexibility index (Phi) is 8.28. The highest BCUT2D eigenvalue weighted by Crippen LogP contribution is 2.55. The molecule has 0 aromatic heterocycles. The molecule has 2 aliphatic carbocycles. The molecular formula is C65H48O. The molecule has 314 valence electrons. The first kappa shape index (κ1) is 38.7. The third kappa shape index (κ3) is 5.41. The minimum Gasteiger partial charge on any atom is -0.497 e. The summed E-state index contributed by atoms with van der Waals surface area (Å²) >= 11 is 0. The van der Waals surface area contributed by atoms with Crippen LogP contribution in [0.4, 0.5) is 0 Å². The minimum atomic E-state index is -0.230. The van der Waals surface area contributed by atoms with Gasteiger partial charge in [0.05, 0.1) is 7.11 Å². The second-order valence-corrected chi connectivity index (χ2v) is 19.5. The number of hydrogen-bond acceptors (Lipinski definition) is 1. The summed E-state index contributed by atoms with van der Waals surface area (Å²) in [5.41, 5.74) is 20.7. The first-order valence-electron chi connectivity index (χ1n) is 23.3. The van der Waals surface area contributed by atoms with Crippen molar-refractivity contribution in [1.29, 1.82) is 0 Å². The molecular weight excluding hydrogens is 797 g/mol. The van der Waals surface area contributed by atoms with E-state index in [1.165, 1.54) is 132 Å². The van der Waals surface area contributed by atoms with E-state index < -0.39 is 0 Å². The molecule has 0 atom stereocenters. The van der Waals surface area contributed by atoms with Gasteiger partial charge in [0.25, 0.3) is 0 Å². The lowest BCUT2D eigenvalue weighted by Gasteiger charge is -2.24. The second kappa shape index (κ2) is 14.1. The lowest BCUT2D eigenvalue weighted by molar-refractivity contribution is 0.415. The van der Waals surface area contributed by atoms with Gasteiger partial charge in [-0.25, -0.2) is 0 Å². The van der Waals surface area contributed by atoms with E-state index in [0.29, 0.717) is 0 Å². The predicted molar refractivity (Wildman–Crippen MR) is 280 cm³/mol. The van der Waals surface area contributed by atoms with E-state index in [9.17, 15) is 0 Å². The van der Waals surface area contributed by atoms with Gasteiger partial charge in [0.15, 0.2) is 0 Å². The van der Waals surface area contributed by atoms with Crippen LogP contribution in [0, 0.1) is 0 Å². The highest BCUT2D eigenvalue weighted by Gasteiger charge is 2.38. The molecule has 0 saturated carbocycles. The van der Waals surface area contributed by atoms with Crippen LogP contribution in [0.3, 0.4) is 0 Å². The summed E-state index contributed by atoms with van der Waals surface area (Å²) in [7, 11) is 1.72. The third-order valence-electron chi connectivity index (χ3n) is 15.4. The van der Waals surface area contributed by atoms with Crippen LogP contribution in [-0.2, 0) is 10.8 Å². The summed E-state index contributed by atoms with van der Waals surface area (Å²) in [6, 6.07) is 75.2. The molecule has 13 rings (SSSR count). The van der Waals surface area contributed by atoms with Crippen LogP contribution in [0.1, 0.15) is 49.9 Å². The van der Waals surface area contributed by atoms with E-state index >= 15 is 0 Å². The zero-order chi connectivity index (χ0) is 44.5. The maximum absolute atomic E-state index is 5.54. The quantitative estimate of drug-likeness (QED) is 0.157. The molecule has 0 amide bonds. The summed E-state index contributed by atoms with van der Waals surface area (Å²) < 4.78 is 5.54. The van der Waals surface area contributed by atoms with Crippen molar-refractivity contribution < 1.29 is 4.74 Å². The van der Waals surface area contributed by atoms with Crippen molar-refractivity contribution in [2.24, 2.45) is 0 Å².